The van der Waals surface area contributed by atoms with Crippen molar-refractivity contribution < 1.29 is 4.52 Å². The van der Waals surface area contributed by atoms with Crippen LogP contribution in [-0.4, -0.2) is 41.2 Å². The Labute approximate surface area is 153 Å². The number of likely N-dealkylation sites (tertiary alicyclic amines) is 1. The van der Waals surface area contributed by atoms with Crippen LogP contribution in [0, 0.1) is 5.92 Å². The first kappa shape index (κ1) is 16.9. The molecule has 2 aromatic carbocycles. The fraction of sp³-hybridized carbons (Fsp3) is 0.333. The van der Waals surface area contributed by atoms with E-state index in [1.54, 1.807) is 0 Å². The van der Waals surface area contributed by atoms with E-state index in [-0.39, 0.29) is 0 Å². The molecule has 0 radical (unpaired) electrons. The second-order valence-corrected chi connectivity index (χ2v) is 6.90. The molecule has 1 fully saturated rings. The van der Waals surface area contributed by atoms with Gasteiger partial charge in [0, 0.05) is 37.5 Å². The number of rotatable bonds is 6. The third-order valence-electron chi connectivity index (χ3n) is 5.19. The van der Waals surface area contributed by atoms with Crippen molar-refractivity contribution in [1.82, 2.24) is 15.0 Å². The fourth-order valence-electron chi connectivity index (χ4n) is 3.77. The monoisotopic (exact) mass is 348 g/mol. The van der Waals surface area contributed by atoms with Gasteiger partial charge in [-0.15, -0.1) is 0 Å². The molecular formula is C21H24N4O. The Morgan fingerprint density at radius 2 is 1.73 bits per heavy atom. The van der Waals surface area contributed by atoms with E-state index in [1.165, 1.54) is 5.56 Å². The Balaban J connectivity index is 1.37. The summed E-state index contributed by atoms with van der Waals surface area (Å²) in [7, 11) is 0. The largest absolute Gasteiger partial charge is 0.339 e. The minimum atomic E-state index is 0.500. The van der Waals surface area contributed by atoms with Crippen LogP contribution in [-0.2, 0) is 6.42 Å². The van der Waals surface area contributed by atoms with E-state index in [4.69, 9.17) is 10.3 Å². The van der Waals surface area contributed by atoms with Gasteiger partial charge in [0.1, 0.15) is 0 Å². The summed E-state index contributed by atoms with van der Waals surface area (Å²) in [4.78, 5) is 6.99. The second-order valence-electron chi connectivity index (χ2n) is 6.90. The zero-order valence-corrected chi connectivity index (χ0v) is 14.8. The molecule has 1 aliphatic rings. The van der Waals surface area contributed by atoms with Gasteiger partial charge in [0.2, 0.25) is 11.7 Å². The van der Waals surface area contributed by atoms with Gasteiger partial charge in [-0.1, -0.05) is 65.8 Å². The van der Waals surface area contributed by atoms with E-state index >= 15 is 0 Å². The predicted octanol–water partition coefficient (Wildman–Crippen LogP) is 2.95. The van der Waals surface area contributed by atoms with Crippen LogP contribution >= 0.6 is 0 Å². The SMILES string of the molecule is NC[C@@H]1CN(CCc2nc(-c3ccccc3)no2)C[C@H]1c1ccccc1. The first-order valence-corrected chi connectivity index (χ1v) is 9.19. The highest BCUT2D eigenvalue weighted by atomic mass is 16.5. The van der Waals surface area contributed by atoms with Crippen LogP contribution in [0.15, 0.2) is 65.2 Å². The van der Waals surface area contributed by atoms with E-state index in [0.29, 0.717) is 23.6 Å². The lowest BCUT2D eigenvalue weighted by Gasteiger charge is -2.16. The third-order valence-corrected chi connectivity index (χ3v) is 5.19. The molecule has 3 aromatic rings. The van der Waals surface area contributed by atoms with Crippen molar-refractivity contribution in [2.45, 2.75) is 12.3 Å². The molecular weight excluding hydrogens is 324 g/mol. The fourth-order valence-corrected chi connectivity index (χ4v) is 3.77. The van der Waals surface area contributed by atoms with Gasteiger partial charge in [-0.05, 0) is 18.0 Å². The van der Waals surface area contributed by atoms with Crippen molar-refractivity contribution in [2.75, 3.05) is 26.2 Å². The Morgan fingerprint density at radius 1 is 1.00 bits per heavy atom. The first-order chi connectivity index (χ1) is 12.8. The lowest BCUT2D eigenvalue weighted by Crippen LogP contribution is -2.25. The van der Waals surface area contributed by atoms with Crippen molar-refractivity contribution in [2.24, 2.45) is 11.7 Å². The van der Waals surface area contributed by atoms with Crippen molar-refractivity contribution in [1.29, 1.82) is 0 Å². The minimum absolute atomic E-state index is 0.500. The van der Waals surface area contributed by atoms with Crippen LogP contribution in [0.3, 0.4) is 0 Å². The van der Waals surface area contributed by atoms with Crippen LogP contribution < -0.4 is 5.73 Å². The standard InChI is InChI=1S/C21H24N4O/c22-13-18-14-25(15-19(18)16-7-3-1-4-8-16)12-11-20-23-21(24-26-20)17-9-5-2-6-10-17/h1-10,18-19H,11-15,22H2/t18-,19+/m1/s1. The third kappa shape index (κ3) is 3.69. The van der Waals surface area contributed by atoms with Crippen molar-refractivity contribution in [3.8, 4) is 11.4 Å². The lowest BCUT2D eigenvalue weighted by molar-refractivity contribution is 0.302. The zero-order valence-electron chi connectivity index (χ0n) is 14.8. The maximum Gasteiger partial charge on any atom is 0.228 e. The van der Waals surface area contributed by atoms with Gasteiger partial charge >= 0.3 is 0 Å². The van der Waals surface area contributed by atoms with Crippen LogP contribution in [0.25, 0.3) is 11.4 Å². The van der Waals surface area contributed by atoms with E-state index in [0.717, 1.165) is 38.2 Å². The van der Waals surface area contributed by atoms with Crippen molar-refractivity contribution >= 4 is 0 Å². The maximum absolute atomic E-state index is 6.03. The molecule has 5 heteroatoms. The van der Waals surface area contributed by atoms with Gasteiger partial charge in [-0.25, -0.2) is 0 Å². The van der Waals surface area contributed by atoms with Crippen molar-refractivity contribution in [3.63, 3.8) is 0 Å². The molecule has 0 saturated carbocycles. The molecule has 2 heterocycles. The Bertz CT molecular complexity index is 818. The molecule has 4 rings (SSSR count). The number of nitrogens with zero attached hydrogens (tertiary/aromatic N) is 3. The second kappa shape index (κ2) is 7.81. The molecule has 134 valence electrons. The van der Waals surface area contributed by atoms with E-state index in [9.17, 15) is 0 Å². The summed E-state index contributed by atoms with van der Waals surface area (Å²) >= 11 is 0. The van der Waals surface area contributed by atoms with E-state index in [2.05, 4.69) is 45.4 Å². The summed E-state index contributed by atoms with van der Waals surface area (Å²) in [6.07, 6.45) is 0.763. The molecule has 26 heavy (non-hydrogen) atoms. The molecule has 1 aromatic heterocycles. The summed E-state index contributed by atoms with van der Waals surface area (Å²) in [5.41, 5.74) is 8.40. The Morgan fingerprint density at radius 3 is 2.46 bits per heavy atom. The molecule has 2 N–H and O–H groups in total. The summed E-state index contributed by atoms with van der Waals surface area (Å²) in [6, 6.07) is 20.6. The van der Waals surface area contributed by atoms with Crippen LogP contribution in [0.5, 0.6) is 0 Å². The average molecular weight is 348 g/mol. The summed E-state index contributed by atoms with van der Waals surface area (Å²) in [6.45, 7) is 3.69. The van der Waals surface area contributed by atoms with Gasteiger partial charge in [0.05, 0.1) is 0 Å². The highest BCUT2D eigenvalue weighted by Gasteiger charge is 2.32. The number of benzene rings is 2. The Kier molecular flexibility index (Phi) is 5.09. The normalized spacial score (nSPS) is 20.5. The molecule has 0 aliphatic carbocycles. The van der Waals surface area contributed by atoms with Gasteiger partial charge < -0.3 is 15.2 Å². The van der Waals surface area contributed by atoms with Crippen molar-refractivity contribution in [3.05, 3.63) is 72.1 Å². The maximum atomic E-state index is 6.03. The summed E-state index contributed by atoms with van der Waals surface area (Å²) < 4.78 is 5.43. The van der Waals surface area contributed by atoms with Crippen LogP contribution in [0.4, 0.5) is 0 Å². The summed E-state index contributed by atoms with van der Waals surface area (Å²) in [5.74, 6) is 2.35. The highest BCUT2D eigenvalue weighted by molar-refractivity contribution is 5.53. The topological polar surface area (TPSA) is 68.2 Å². The van der Waals surface area contributed by atoms with Crippen LogP contribution in [0.1, 0.15) is 17.4 Å². The minimum Gasteiger partial charge on any atom is -0.339 e. The number of hydrogen-bond donors (Lipinski definition) is 1. The smallest absolute Gasteiger partial charge is 0.228 e. The number of hydrogen-bond acceptors (Lipinski definition) is 5. The number of aromatic nitrogens is 2. The predicted molar refractivity (Wildman–Crippen MR) is 102 cm³/mol. The van der Waals surface area contributed by atoms with E-state index in [1.807, 2.05) is 30.3 Å². The highest BCUT2D eigenvalue weighted by Crippen LogP contribution is 2.32. The number of nitrogens with two attached hydrogens (primary N) is 1. The van der Waals surface area contributed by atoms with Gasteiger partial charge in [0.25, 0.3) is 0 Å². The van der Waals surface area contributed by atoms with Crippen LogP contribution in [0.2, 0.25) is 0 Å². The molecule has 0 unspecified atom stereocenters. The molecule has 1 aliphatic heterocycles. The molecule has 0 bridgehead atoms. The zero-order chi connectivity index (χ0) is 17.8. The lowest BCUT2D eigenvalue weighted by atomic mass is 9.89. The van der Waals surface area contributed by atoms with Gasteiger partial charge in [-0.2, -0.15) is 4.98 Å². The van der Waals surface area contributed by atoms with Gasteiger partial charge in [0.15, 0.2) is 0 Å². The quantitative estimate of drug-likeness (QED) is 0.742. The average Bonchev–Trinajstić information content (AvgIpc) is 3.35. The molecule has 2 atom stereocenters. The molecule has 5 nitrogen and oxygen atoms in total. The van der Waals surface area contributed by atoms with Gasteiger partial charge in [-0.3, -0.25) is 0 Å². The Hall–Kier alpha value is -2.50. The first-order valence-electron chi connectivity index (χ1n) is 9.19. The summed E-state index contributed by atoms with van der Waals surface area (Å²) in [5, 5.41) is 4.10. The van der Waals surface area contributed by atoms with E-state index < -0.39 is 0 Å². The molecule has 1 saturated heterocycles. The molecule has 0 spiro atoms. The molecule has 0 amide bonds.